The number of nitrogens with zero attached hydrogens (tertiary/aromatic N) is 2. The number of carbonyl (C=O) groups is 1. The number of urea groups is 1. The van der Waals surface area contributed by atoms with Gasteiger partial charge in [0, 0.05) is 19.2 Å². The number of hydrogen-bond acceptors (Lipinski definition) is 3. The van der Waals surface area contributed by atoms with E-state index < -0.39 is 0 Å². The van der Waals surface area contributed by atoms with E-state index in [1.54, 1.807) is 24.9 Å². The van der Waals surface area contributed by atoms with Crippen molar-refractivity contribution in [3.63, 3.8) is 0 Å². The number of aromatic nitrogens is 2. The number of anilines is 1. The molecule has 94 valence electrons. The van der Waals surface area contributed by atoms with Gasteiger partial charge in [0.2, 0.25) is 5.88 Å². The fourth-order valence-corrected chi connectivity index (χ4v) is 2.11. The highest BCUT2D eigenvalue weighted by atomic mass is 16.5. The van der Waals surface area contributed by atoms with E-state index in [1.165, 1.54) is 12.8 Å². The van der Waals surface area contributed by atoms with Gasteiger partial charge in [-0.2, -0.15) is 5.10 Å². The van der Waals surface area contributed by atoms with Gasteiger partial charge in [0.15, 0.2) is 5.82 Å². The highest BCUT2D eigenvalue weighted by Gasteiger charge is 2.17. The molecule has 0 saturated heterocycles. The molecule has 1 aromatic heterocycles. The Morgan fingerprint density at radius 3 is 2.82 bits per heavy atom. The molecule has 0 unspecified atom stereocenters. The molecule has 1 fully saturated rings. The first-order valence-electron chi connectivity index (χ1n) is 5.84. The molecule has 1 saturated carbocycles. The van der Waals surface area contributed by atoms with Gasteiger partial charge in [0.1, 0.15) is 0 Å². The lowest BCUT2D eigenvalue weighted by molar-refractivity contribution is 0.248. The summed E-state index contributed by atoms with van der Waals surface area (Å²) in [6.45, 7) is 0. The van der Waals surface area contributed by atoms with Crippen molar-refractivity contribution in [3.05, 3.63) is 6.07 Å². The molecule has 1 aliphatic rings. The highest BCUT2D eigenvalue weighted by molar-refractivity contribution is 5.88. The Labute approximate surface area is 100 Å². The predicted molar refractivity (Wildman–Crippen MR) is 64.2 cm³/mol. The molecule has 0 spiro atoms. The number of hydrogen-bond donors (Lipinski definition) is 2. The lowest BCUT2D eigenvalue weighted by Crippen LogP contribution is -2.36. The third kappa shape index (κ3) is 2.89. The van der Waals surface area contributed by atoms with Gasteiger partial charge in [-0.25, -0.2) is 9.48 Å². The SMILES string of the molecule is COc1cc(NC(=O)NC2CCCC2)nn1C. The summed E-state index contributed by atoms with van der Waals surface area (Å²) in [7, 11) is 3.33. The van der Waals surface area contributed by atoms with Crippen molar-refractivity contribution in [1.29, 1.82) is 0 Å². The van der Waals surface area contributed by atoms with Gasteiger partial charge in [-0.3, -0.25) is 5.32 Å². The molecule has 2 rings (SSSR count). The molecule has 0 aromatic carbocycles. The van der Waals surface area contributed by atoms with Crippen molar-refractivity contribution < 1.29 is 9.53 Å². The van der Waals surface area contributed by atoms with Crippen LogP contribution >= 0.6 is 0 Å². The summed E-state index contributed by atoms with van der Waals surface area (Å²) in [5.41, 5.74) is 0. The van der Waals surface area contributed by atoms with E-state index in [1.807, 2.05) is 0 Å². The normalized spacial score (nSPS) is 15.9. The van der Waals surface area contributed by atoms with Crippen molar-refractivity contribution in [2.45, 2.75) is 31.7 Å². The summed E-state index contributed by atoms with van der Waals surface area (Å²) >= 11 is 0. The average Bonchev–Trinajstić information content (AvgIpc) is 2.88. The maximum absolute atomic E-state index is 11.7. The molecular weight excluding hydrogens is 220 g/mol. The summed E-state index contributed by atoms with van der Waals surface area (Å²) in [5, 5.41) is 9.75. The molecule has 1 aromatic rings. The topological polar surface area (TPSA) is 68.2 Å². The summed E-state index contributed by atoms with van der Waals surface area (Å²) in [4.78, 5) is 11.7. The van der Waals surface area contributed by atoms with E-state index in [-0.39, 0.29) is 6.03 Å². The lowest BCUT2D eigenvalue weighted by atomic mass is 10.2. The quantitative estimate of drug-likeness (QED) is 0.838. The predicted octanol–water partition coefficient (Wildman–Crippen LogP) is 1.49. The average molecular weight is 238 g/mol. The minimum atomic E-state index is -0.197. The number of aryl methyl sites for hydroxylation is 1. The largest absolute Gasteiger partial charge is 0.481 e. The molecule has 2 amide bonds. The third-order valence-corrected chi connectivity index (χ3v) is 2.98. The van der Waals surface area contributed by atoms with Crippen LogP contribution in [-0.2, 0) is 7.05 Å². The second kappa shape index (κ2) is 5.07. The van der Waals surface area contributed by atoms with Crippen molar-refractivity contribution in [1.82, 2.24) is 15.1 Å². The Balaban J connectivity index is 1.88. The lowest BCUT2D eigenvalue weighted by Gasteiger charge is -2.11. The Hall–Kier alpha value is -1.72. The molecule has 0 bridgehead atoms. The third-order valence-electron chi connectivity index (χ3n) is 2.98. The van der Waals surface area contributed by atoms with E-state index in [0.717, 1.165) is 12.8 Å². The van der Waals surface area contributed by atoms with Crippen LogP contribution in [0.4, 0.5) is 10.6 Å². The summed E-state index contributed by atoms with van der Waals surface area (Å²) in [6, 6.07) is 1.80. The van der Waals surface area contributed by atoms with Crippen LogP contribution in [0.2, 0.25) is 0 Å². The first-order chi connectivity index (χ1) is 8.19. The fourth-order valence-electron chi connectivity index (χ4n) is 2.11. The van der Waals surface area contributed by atoms with E-state index >= 15 is 0 Å². The van der Waals surface area contributed by atoms with E-state index in [2.05, 4.69) is 15.7 Å². The van der Waals surface area contributed by atoms with Gasteiger partial charge in [0.25, 0.3) is 0 Å². The first kappa shape index (κ1) is 11.8. The van der Waals surface area contributed by atoms with Crippen molar-refractivity contribution in [3.8, 4) is 5.88 Å². The molecule has 0 aliphatic heterocycles. The zero-order valence-corrected chi connectivity index (χ0v) is 10.2. The Kier molecular flexibility index (Phi) is 3.51. The van der Waals surface area contributed by atoms with Crippen LogP contribution in [0, 0.1) is 0 Å². The second-order valence-electron chi connectivity index (χ2n) is 4.28. The fraction of sp³-hybridized carbons (Fsp3) is 0.636. The van der Waals surface area contributed by atoms with Crippen LogP contribution in [0.1, 0.15) is 25.7 Å². The minimum absolute atomic E-state index is 0.197. The molecule has 1 aliphatic carbocycles. The number of ether oxygens (including phenoxy) is 1. The zero-order chi connectivity index (χ0) is 12.3. The maximum atomic E-state index is 11.7. The van der Waals surface area contributed by atoms with Crippen molar-refractivity contribution >= 4 is 11.8 Å². The van der Waals surface area contributed by atoms with Gasteiger partial charge in [-0.1, -0.05) is 12.8 Å². The van der Waals surface area contributed by atoms with Gasteiger partial charge in [-0.15, -0.1) is 0 Å². The van der Waals surface area contributed by atoms with Crippen molar-refractivity contribution in [2.24, 2.45) is 7.05 Å². The highest BCUT2D eigenvalue weighted by Crippen LogP contribution is 2.18. The number of carbonyl (C=O) groups excluding carboxylic acids is 1. The molecule has 6 heteroatoms. The van der Waals surface area contributed by atoms with Crippen LogP contribution in [0.25, 0.3) is 0 Å². The smallest absolute Gasteiger partial charge is 0.320 e. The Morgan fingerprint density at radius 2 is 2.24 bits per heavy atom. The first-order valence-corrected chi connectivity index (χ1v) is 5.84. The standard InChI is InChI=1S/C11H18N4O2/c1-15-10(17-2)7-9(14-15)13-11(16)12-8-5-3-4-6-8/h7-8H,3-6H2,1-2H3,(H2,12,13,14,16). The molecule has 2 N–H and O–H groups in total. The van der Waals surface area contributed by atoms with Gasteiger partial charge >= 0.3 is 6.03 Å². The van der Waals surface area contributed by atoms with Crippen LogP contribution in [0.3, 0.4) is 0 Å². The molecule has 6 nitrogen and oxygen atoms in total. The van der Waals surface area contributed by atoms with E-state index in [4.69, 9.17) is 4.74 Å². The molecule has 1 heterocycles. The minimum Gasteiger partial charge on any atom is -0.481 e. The van der Waals surface area contributed by atoms with E-state index in [0.29, 0.717) is 17.7 Å². The molecule has 0 atom stereocenters. The Morgan fingerprint density at radius 1 is 1.53 bits per heavy atom. The number of nitrogens with one attached hydrogen (secondary N) is 2. The van der Waals surface area contributed by atoms with Crippen LogP contribution in [-0.4, -0.2) is 29.0 Å². The molecule has 0 radical (unpaired) electrons. The second-order valence-corrected chi connectivity index (χ2v) is 4.28. The summed E-state index contributed by atoms with van der Waals surface area (Å²) < 4.78 is 6.64. The van der Waals surface area contributed by atoms with Gasteiger partial charge in [0.05, 0.1) is 7.11 Å². The van der Waals surface area contributed by atoms with Gasteiger partial charge < -0.3 is 10.1 Å². The Bertz CT molecular complexity index is 396. The number of rotatable bonds is 3. The monoisotopic (exact) mass is 238 g/mol. The van der Waals surface area contributed by atoms with Crippen LogP contribution < -0.4 is 15.4 Å². The van der Waals surface area contributed by atoms with Crippen molar-refractivity contribution in [2.75, 3.05) is 12.4 Å². The summed E-state index contributed by atoms with van der Waals surface area (Å²) in [5.74, 6) is 1.11. The van der Waals surface area contributed by atoms with Crippen LogP contribution in [0.5, 0.6) is 5.88 Å². The number of amides is 2. The summed E-state index contributed by atoms with van der Waals surface area (Å²) in [6.07, 6.45) is 4.53. The molecule has 17 heavy (non-hydrogen) atoms. The molecular formula is C11H18N4O2. The number of methoxy groups -OCH3 is 1. The van der Waals surface area contributed by atoms with E-state index in [9.17, 15) is 4.79 Å². The zero-order valence-electron chi connectivity index (χ0n) is 10.2. The maximum Gasteiger partial charge on any atom is 0.320 e. The van der Waals surface area contributed by atoms with Gasteiger partial charge in [-0.05, 0) is 12.8 Å². The van der Waals surface area contributed by atoms with Crippen LogP contribution in [0.15, 0.2) is 6.07 Å².